The highest BCUT2D eigenvalue weighted by Gasteiger charge is 2.21. The highest BCUT2D eigenvalue weighted by molar-refractivity contribution is 5.76. The molecule has 0 aliphatic heterocycles. The number of benzene rings is 1. The van der Waals surface area contributed by atoms with Gasteiger partial charge in [-0.3, -0.25) is 9.59 Å². The van der Waals surface area contributed by atoms with E-state index < -0.39 is 30.4 Å². The maximum atomic E-state index is 12.2. The number of nitrogens with two attached hydrogens (primary N) is 1. The fraction of sp³-hybridized carbons (Fsp3) is 0.524. The van der Waals surface area contributed by atoms with E-state index in [1.165, 1.54) is 18.2 Å². The lowest BCUT2D eigenvalue weighted by molar-refractivity contribution is -0.161. The van der Waals surface area contributed by atoms with Crippen molar-refractivity contribution < 1.29 is 47.6 Å². The summed E-state index contributed by atoms with van der Waals surface area (Å²) in [6.07, 6.45) is -2.02. The fourth-order valence-electron chi connectivity index (χ4n) is 2.27. The van der Waals surface area contributed by atoms with E-state index in [0.717, 1.165) is 14.2 Å². The van der Waals surface area contributed by atoms with Crippen LogP contribution in [0.2, 0.25) is 0 Å². The molecule has 0 fully saturated rings. The van der Waals surface area contributed by atoms with Crippen LogP contribution < -0.4 is 15.2 Å². The van der Waals surface area contributed by atoms with Crippen molar-refractivity contribution in [1.82, 2.24) is 0 Å². The predicted octanol–water partition coefficient (Wildman–Crippen LogP) is 2.37. The highest BCUT2D eigenvalue weighted by Crippen LogP contribution is 2.29. The topological polar surface area (TPSA) is 150 Å². The van der Waals surface area contributed by atoms with Crippen LogP contribution in [0.25, 0.3) is 0 Å². The molecule has 178 valence electrons. The van der Waals surface area contributed by atoms with E-state index in [9.17, 15) is 19.2 Å². The van der Waals surface area contributed by atoms with E-state index in [-0.39, 0.29) is 36.4 Å². The maximum absolute atomic E-state index is 12.2. The Kier molecular flexibility index (Phi) is 11.0. The van der Waals surface area contributed by atoms with Crippen LogP contribution in [-0.4, -0.2) is 57.2 Å². The Balaban J connectivity index is 2.75. The van der Waals surface area contributed by atoms with Gasteiger partial charge in [0.05, 0.1) is 20.1 Å². The van der Waals surface area contributed by atoms with Crippen LogP contribution in [0.4, 0.5) is 9.59 Å². The van der Waals surface area contributed by atoms with Crippen LogP contribution in [0, 0.1) is 5.92 Å². The molecule has 0 amide bonds. The van der Waals surface area contributed by atoms with Crippen LogP contribution >= 0.6 is 0 Å². The average Bonchev–Trinajstić information content (AvgIpc) is 2.77. The molecule has 0 spiro atoms. The molecule has 1 unspecified atom stereocenters. The van der Waals surface area contributed by atoms with E-state index in [1.54, 1.807) is 13.8 Å². The first-order valence-electron chi connectivity index (χ1n) is 9.88. The molecule has 0 saturated heterocycles. The van der Waals surface area contributed by atoms with E-state index in [4.69, 9.17) is 24.7 Å². The SMILES string of the molecule is CCC(C)C(=O)O[C@@H](C)COC(=O)[C@@H](N)Cc1ccc(OC(=O)OC)c(OC(=O)OC)c1. The van der Waals surface area contributed by atoms with Crippen molar-refractivity contribution in [3.8, 4) is 11.5 Å². The summed E-state index contributed by atoms with van der Waals surface area (Å²) >= 11 is 0. The van der Waals surface area contributed by atoms with Gasteiger partial charge < -0.3 is 34.2 Å². The zero-order valence-electron chi connectivity index (χ0n) is 18.7. The van der Waals surface area contributed by atoms with Crippen LogP contribution in [0.5, 0.6) is 11.5 Å². The van der Waals surface area contributed by atoms with Crippen LogP contribution in [0.3, 0.4) is 0 Å². The second kappa shape index (κ2) is 13.2. The Bertz CT molecular complexity index is 810. The van der Waals surface area contributed by atoms with E-state index >= 15 is 0 Å². The number of hydrogen-bond donors (Lipinski definition) is 1. The van der Waals surface area contributed by atoms with Crippen LogP contribution in [0.1, 0.15) is 32.8 Å². The molecule has 0 saturated carbocycles. The van der Waals surface area contributed by atoms with E-state index in [1.807, 2.05) is 6.92 Å². The average molecular weight is 455 g/mol. The van der Waals surface area contributed by atoms with Gasteiger partial charge >= 0.3 is 24.2 Å². The van der Waals surface area contributed by atoms with Crippen molar-refractivity contribution in [3.63, 3.8) is 0 Å². The van der Waals surface area contributed by atoms with Gasteiger partial charge in [-0.2, -0.15) is 0 Å². The molecule has 11 nitrogen and oxygen atoms in total. The van der Waals surface area contributed by atoms with Crippen molar-refractivity contribution >= 4 is 24.2 Å². The Morgan fingerprint density at radius 3 is 2.09 bits per heavy atom. The summed E-state index contributed by atoms with van der Waals surface area (Å²) in [4.78, 5) is 46.8. The lowest BCUT2D eigenvalue weighted by Gasteiger charge is -2.18. The molecule has 0 heterocycles. The number of ether oxygens (including phenoxy) is 6. The Morgan fingerprint density at radius 1 is 0.938 bits per heavy atom. The van der Waals surface area contributed by atoms with Gasteiger partial charge in [0.1, 0.15) is 18.8 Å². The van der Waals surface area contributed by atoms with Gasteiger partial charge in [0.15, 0.2) is 11.5 Å². The summed E-state index contributed by atoms with van der Waals surface area (Å²) in [7, 11) is 2.23. The first-order valence-corrected chi connectivity index (χ1v) is 9.88. The second-order valence-electron chi connectivity index (χ2n) is 6.89. The van der Waals surface area contributed by atoms with Gasteiger partial charge in [-0.25, -0.2) is 9.59 Å². The molecule has 0 radical (unpaired) electrons. The molecule has 1 aromatic rings. The van der Waals surface area contributed by atoms with Crippen molar-refractivity contribution in [3.05, 3.63) is 23.8 Å². The number of methoxy groups -OCH3 is 2. The van der Waals surface area contributed by atoms with Crippen molar-refractivity contribution in [2.75, 3.05) is 20.8 Å². The van der Waals surface area contributed by atoms with Gasteiger partial charge in [0.2, 0.25) is 0 Å². The Morgan fingerprint density at radius 2 is 1.53 bits per heavy atom. The minimum absolute atomic E-state index is 0.0237. The summed E-state index contributed by atoms with van der Waals surface area (Å²) < 4.78 is 29.0. The highest BCUT2D eigenvalue weighted by atomic mass is 16.7. The Labute approximate surface area is 186 Å². The van der Waals surface area contributed by atoms with Crippen molar-refractivity contribution in [2.45, 2.75) is 45.8 Å². The third kappa shape index (κ3) is 8.80. The predicted molar refractivity (Wildman–Crippen MR) is 110 cm³/mol. The standard InChI is InChI=1S/C21H29NO10/c1-6-12(2)18(23)30-13(3)11-29-19(24)15(22)9-14-7-8-16(31-20(25)27-4)17(10-14)32-21(26)28-5/h7-8,10,12-13,15H,6,9,11,22H2,1-5H3/t12?,13-,15-/m0/s1. The van der Waals surface area contributed by atoms with Crippen molar-refractivity contribution in [1.29, 1.82) is 0 Å². The van der Waals surface area contributed by atoms with Gasteiger partial charge in [-0.05, 0) is 37.5 Å². The first-order chi connectivity index (χ1) is 15.1. The lowest BCUT2D eigenvalue weighted by atomic mass is 10.1. The quantitative estimate of drug-likeness (QED) is 0.315. The van der Waals surface area contributed by atoms with Gasteiger partial charge in [0, 0.05) is 0 Å². The second-order valence-corrected chi connectivity index (χ2v) is 6.89. The third-order valence-electron chi connectivity index (χ3n) is 4.28. The number of esters is 2. The summed E-state index contributed by atoms with van der Waals surface area (Å²) in [6, 6.07) is 3.18. The molecule has 0 aromatic heterocycles. The number of carbonyl (C=O) groups excluding carboxylic acids is 4. The van der Waals surface area contributed by atoms with Crippen LogP contribution in [-0.2, 0) is 35.0 Å². The van der Waals surface area contributed by atoms with Crippen molar-refractivity contribution in [2.24, 2.45) is 11.7 Å². The minimum atomic E-state index is -1.05. The number of carbonyl (C=O) groups is 4. The van der Waals surface area contributed by atoms with E-state index in [2.05, 4.69) is 9.47 Å². The zero-order valence-corrected chi connectivity index (χ0v) is 18.7. The first kappa shape index (κ1) is 26.7. The van der Waals surface area contributed by atoms with Gasteiger partial charge in [0.25, 0.3) is 0 Å². The summed E-state index contributed by atoms with van der Waals surface area (Å²) in [5.74, 6) is -1.55. The summed E-state index contributed by atoms with van der Waals surface area (Å²) in [6.45, 7) is 5.08. The maximum Gasteiger partial charge on any atom is 0.513 e. The molecule has 1 aromatic carbocycles. The Hall–Kier alpha value is -3.34. The monoisotopic (exact) mass is 455 g/mol. The smallest absolute Gasteiger partial charge is 0.461 e. The molecule has 1 rings (SSSR count). The lowest BCUT2D eigenvalue weighted by Crippen LogP contribution is -2.36. The summed E-state index contributed by atoms with van der Waals surface area (Å²) in [5, 5.41) is 0. The minimum Gasteiger partial charge on any atom is -0.461 e. The molecular formula is C21H29NO10. The van der Waals surface area contributed by atoms with Crippen LogP contribution in [0.15, 0.2) is 18.2 Å². The molecule has 32 heavy (non-hydrogen) atoms. The van der Waals surface area contributed by atoms with E-state index in [0.29, 0.717) is 12.0 Å². The molecule has 2 N–H and O–H groups in total. The van der Waals surface area contributed by atoms with Gasteiger partial charge in [-0.15, -0.1) is 0 Å². The fourth-order valence-corrected chi connectivity index (χ4v) is 2.27. The normalized spacial score (nSPS) is 13.2. The molecule has 0 bridgehead atoms. The molecule has 3 atom stereocenters. The largest absolute Gasteiger partial charge is 0.513 e. The molecular weight excluding hydrogens is 426 g/mol. The zero-order chi connectivity index (χ0) is 24.3. The molecule has 0 aliphatic carbocycles. The number of rotatable bonds is 10. The number of hydrogen-bond acceptors (Lipinski definition) is 11. The molecule has 0 aliphatic rings. The van der Waals surface area contributed by atoms with Gasteiger partial charge in [-0.1, -0.05) is 19.9 Å². The summed E-state index contributed by atoms with van der Waals surface area (Å²) in [5.41, 5.74) is 6.39. The molecule has 11 heteroatoms. The third-order valence-corrected chi connectivity index (χ3v) is 4.28.